The van der Waals surface area contributed by atoms with Gasteiger partial charge in [0, 0.05) is 51.3 Å². The van der Waals surface area contributed by atoms with Gasteiger partial charge in [0.1, 0.15) is 5.75 Å². The number of carbonyl (C=O) groups is 2. The summed E-state index contributed by atoms with van der Waals surface area (Å²) < 4.78 is 5.11. The zero-order valence-electron chi connectivity index (χ0n) is 16.3. The molecule has 1 aromatic carbocycles. The average molecular weight is 373 g/mol. The molecule has 148 valence electrons. The van der Waals surface area contributed by atoms with E-state index < -0.39 is 0 Å². The molecule has 27 heavy (non-hydrogen) atoms. The molecule has 0 spiro atoms. The van der Waals surface area contributed by atoms with Crippen LogP contribution in [0.25, 0.3) is 0 Å². The van der Waals surface area contributed by atoms with Gasteiger partial charge < -0.3 is 15.0 Å². The lowest BCUT2D eigenvalue weighted by Gasteiger charge is -2.35. The summed E-state index contributed by atoms with van der Waals surface area (Å²) in [4.78, 5) is 28.9. The number of piperazine rings is 1. The predicted octanol–water partition coefficient (Wildman–Crippen LogP) is 2.15. The van der Waals surface area contributed by atoms with Gasteiger partial charge in [-0.05, 0) is 43.0 Å². The minimum absolute atomic E-state index is 0.0666. The van der Waals surface area contributed by atoms with Crippen LogP contribution in [0.3, 0.4) is 0 Å². The van der Waals surface area contributed by atoms with E-state index in [1.807, 2.05) is 4.90 Å². The van der Waals surface area contributed by atoms with E-state index in [4.69, 9.17) is 4.74 Å². The van der Waals surface area contributed by atoms with Crippen molar-refractivity contribution in [1.82, 2.24) is 15.1 Å². The van der Waals surface area contributed by atoms with Crippen LogP contribution in [0.5, 0.6) is 5.75 Å². The van der Waals surface area contributed by atoms with Gasteiger partial charge in [-0.1, -0.05) is 12.8 Å². The first-order chi connectivity index (χ1) is 13.2. The van der Waals surface area contributed by atoms with Crippen molar-refractivity contribution in [2.75, 3.05) is 46.4 Å². The SMILES string of the molecule is COc1ccc(C(=O)NCCN2CCN(C(=O)CC3CCCC3)CC2)cc1. The third kappa shape index (κ3) is 5.70. The molecule has 0 atom stereocenters. The Labute approximate surface area is 161 Å². The predicted molar refractivity (Wildman–Crippen MR) is 105 cm³/mol. The van der Waals surface area contributed by atoms with Gasteiger partial charge in [-0.15, -0.1) is 0 Å². The topological polar surface area (TPSA) is 61.9 Å². The zero-order valence-corrected chi connectivity index (χ0v) is 16.3. The highest BCUT2D eigenvalue weighted by atomic mass is 16.5. The summed E-state index contributed by atoms with van der Waals surface area (Å²) in [5.74, 6) is 1.62. The molecule has 1 N–H and O–H groups in total. The van der Waals surface area contributed by atoms with Crippen LogP contribution in [0.15, 0.2) is 24.3 Å². The van der Waals surface area contributed by atoms with Crippen molar-refractivity contribution in [3.05, 3.63) is 29.8 Å². The smallest absolute Gasteiger partial charge is 0.251 e. The number of amides is 2. The molecule has 1 aliphatic carbocycles. The zero-order chi connectivity index (χ0) is 19.1. The molecule has 6 heteroatoms. The van der Waals surface area contributed by atoms with Gasteiger partial charge in [-0.25, -0.2) is 0 Å². The molecule has 3 rings (SSSR count). The Hall–Kier alpha value is -2.08. The molecule has 1 saturated carbocycles. The molecule has 0 aromatic heterocycles. The average Bonchev–Trinajstić information content (AvgIpc) is 3.21. The van der Waals surface area contributed by atoms with Crippen LogP contribution < -0.4 is 10.1 Å². The fourth-order valence-electron chi connectivity index (χ4n) is 3.98. The van der Waals surface area contributed by atoms with Crippen molar-refractivity contribution < 1.29 is 14.3 Å². The quantitative estimate of drug-likeness (QED) is 0.796. The van der Waals surface area contributed by atoms with Gasteiger partial charge in [-0.3, -0.25) is 14.5 Å². The summed E-state index contributed by atoms with van der Waals surface area (Å²) in [5.41, 5.74) is 0.637. The Kier molecular flexibility index (Phi) is 7.10. The first-order valence-corrected chi connectivity index (χ1v) is 10.1. The molecule has 0 bridgehead atoms. The molecule has 1 heterocycles. The van der Waals surface area contributed by atoms with Crippen LogP contribution in [-0.4, -0.2) is 68.0 Å². The van der Waals surface area contributed by atoms with Gasteiger partial charge in [0.2, 0.25) is 5.91 Å². The van der Waals surface area contributed by atoms with E-state index in [-0.39, 0.29) is 5.91 Å². The van der Waals surface area contributed by atoms with E-state index in [0.29, 0.717) is 23.9 Å². The second-order valence-electron chi connectivity index (χ2n) is 7.56. The second kappa shape index (κ2) is 9.74. The number of rotatable bonds is 7. The first kappa shape index (κ1) is 19.7. The van der Waals surface area contributed by atoms with Crippen LogP contribution in [0, 0.1) is 5.92 Å². The van der Waals surface area contributed by atoms with Gasteiger partial charge >= 0.3 is 0 Å². The fourth-order valence-corrected chi connectivity index (χ4v) is 3.98. The number of hydrogen-bond acceptors (Lipinski definition) is 4. The summed E-state index contributed by atoms with van der Waals surface area (Å²) in [6.07, 6.45) is 5.75. The summed E-state index contributed by atoms with van der Waals surface area (Å²) >= 11 is 0. The van der Waals surface area contributed by atoms with Gasteiger partial charge in [-0.2, -0.15) is 0 Å². The highest BCUT2D eigenvalue weighted by molar-refractivity contribution is 5.94. The maximum Gasteiger partial charge on any atom is 0.251 e. The van der Waals surface area contributed by atoms with Crippen LogP contribution >= 0.6 is 0 Å². The number of ether oxygens (including phenoxy) is 1. The van der Waals surface area contributed by atoms with Crippen LogP contribution in [0.4, 0.5) is 0 Å². The Morgan fingerprint density at radius 1 is 1.07 bits per heavy atom. The largest absolute Gasteiger partial charge is 0.497 e. The molecule has 1 aliphatic heterocycles. The van der Waals surface area contributed by atoms with E-state index in [1.54, 1.807) is 31.4 Å². The van der Waals surface area contributed by atoms with Gasteiger partial charge in [0.25, 0.3) is 5.91 Å². The van der Waals surface area contributed by atoms with E-state index in [9.17, 15) is 9.59 Å². The number of nitrogens with zero attached hydrogens (tertiary/aromatic N) is 2. The van der Waals surface area contributed by atoms with Crippen molar-refractivity contribution >= 4 is 11.8 Å². The minimum atomic E-state index is -0.0666. The summed E-state index contributed by atoms with van der Waals surface area (Å²) in [5, 5.41) is 2.96. The van der Waals surface area contributed by atoms with Crippen molar-refractivity contribution in [2.24, 2.45) is 5.92 Å². The van der Waals surface area contributed by atoms with Crippen molar-refractivity contribution in [2.45, 2.75) is 32.1 Å². The summed E-state index contributed by atoms with van der Waals surface area (Å²) in [6.45, 7) is 4.80. The summed E-state index contributed by atoms with van der Waals surface area (Å²) in [6, 6.07) is 7.11. The molecular weight excluding hydrogens is 342 g/mol. The Balaban J connectivity index is 1.33. The third-order valence-electron chi connectivity index (χ3n) is 5.73. The molecule has 6 nitrogen and oxygen atoms in total. The maximum atomic E-state index is 12.4. The van der Waals surface area contributed by atoms with Crippen molar-refractivity contribution in [3.8, 4) is 5.75 Å². The maximum absolute atomic E-state index is 12.4. The number of nitrogens with one attached hydrogen (secondary N) is 1. The van der Waals surface area contributed by atoms with Crippen molar-refractivity contribution in [3.63, 3.8) is 0 Å². The van der Waals surface area contributed by atoms with Crippen LogP contribution in [0.1, 0.15) is 42.5 Å². The van der Waals surface area contributed by atoms with Crippen LogP contribution in [0.2, 0.25) is 0 Å². The minimum Gasteiger partial charge on any atom is -0.497 e. The molecule has 1 aromatic rings. The van der Waals surface area contributed by atoms with Gasteiger partial charge in [0.15, 0.2) is 0 Å². The molecule has 0 radical (unpaired) electrons. The Bertz CT molecular complexity index is 618. The molecule has 0 unspecified atom stereocenters. The van der Waals surface area contributed by atoms with E-state index >= 15 is 0 Å². The number of benzene rings is 1. The highest BCUT2D eigenvalue weighted by Crippen LogP contribution is 2.28. The molecule has 1 saturated heterocycles. The molecule has 2 amide bonds. The standard InChI is InChI=1S/C21H31N3O3/c1-27-19-8-6-18(7-9-19)21(26)22-10-11-23-12-14-24(15-13-23)20(25)16-17-4-2-3-5-17/h6-9,17H,2-5,10-16H2,1H3,(H,22,26). The van der Waals surface area contributed by atoms with E-state index in [2.05, 4.69) is 10.2 Å². The second-order valence-corrected chi connectivity index (χ2v) is 7.56. The molecule has 2 fully saturated rings. The third-order valence-corrected chi connectivity index (χ3v) is 5.73. The summed E-state index contributed by atoms with van der Waals surface area (Å²) in [7, 11) is 1.61. The lowest BCUT2D eigenvalue weighted by atomic mass is 10.0. The fraction of sp³-hybridized carbons (Fsp3) is 0.619. The Morgan fingerprint density at radius 3 is 2.37 bits per heavy atom. The van der Waals surface area contributed by atoms with Crippen molar-refractivity contribution in [1.29, 1.82) is 0 Å². The molecular formula is C21H31N3O3. The lowest BCUT2D eigenvalue weighted by molar-refractivity contribution is -0.133. The monoisotopic (exact) mass is 373 g/mol. The van der Waals surface area contributed by atoms with E-state index in [1.165, 1.54) is 25.7 Å². The number of carbonyl (C=O) groups excluding carboxylic acids is 2. The lowest BCUT2D eigenvalue weighted by Crippen LogP contribution is -2.50. The highest BCUT2D eigenvalue weighted by Gasteiger charge is 2.25. The van der Waals surface area contributed by atoms with E-state index in [0.717, 1.165) is 44.9 Å². The Morgan fingerprint density at radius 2 is 1.74 bits per heavy atom. The van der Waals surface area contributed by atoms with Crippen LogP contribution in [-0.2, 0) is 4.79 Å². The van der Waals surface area contributed by atoms with Gasteiger partial charge in [0.05, 0.1) is 7.11 Å². The number of hydrogen-bond donors (Lipinski definition) is 1. The number of methoxy groups -OCH3 is 1. The normalized spacial score (nSPS) is 18.5. The molecule has 2 aliphatic rings. The first-order valence-electron chi connectivity index (χ1n) is 10.1.